The van der Waals surface area contributed by atoms with E-state index in [2.05, 4.69) is 15.0 Å². The lowest BCUT2D eigenvalue weighted by atomic mass is 10.1. The van der Waals surface area contributed by atoms with E-state index in [1.807, 2.05) is 18.0 Å². The summed E-state index contributed by atoms with van der Waals surface area (Å²) in [4.78, 5) is 26.1. The Morgan fingerprint density at radius 1 is 1.38 bits per heavy atom. The van der Waals surface area contributed by atoms with Crippen LogP contribution in [0.4, 0.5) is 5.82 Å². The average Bonchev–Trinajstić information content (AvgIpc) is 2.46. The van der Waals surface area contributed by atoms with E-state index in [1.165, 1.54) is 6.20 Å². The Balaban J connectivity index is 1.89. The number of nitrogens with zero attached hydrogens (tertiary/aromatic N) is 4. The van der Waals surface area contributed by atoms with Gasteiger partial charge in [-0.25, -0.2) is 15.0 Å². The van der Waals surface area contributed by atoms with Gasteiger partial charge >= 0.3 is 0 Å². The molecule has 108 valence electrons. The lowest BCUT2D eigenvalue weighted by molar-refractivity contribution is 0.1000. The van der Waals surface area contributed by atoms with Gasteiger partial charge in [0.1, 0.15) is 11.6 Å². The molecule has 3 heterocycles. The first-order chi connectivity index (χ1) is 10.0. The molecule has 0 saturated heterocycles. The Kier molecular flexibility index (Phi) is 3.47. The second kappa shape index (κ2) is 5.29. The number of aryl methyl sites for hydroxylation is 1. The van der Waals surface area contributed by atoms with Gasteiger partial charge in [-0.05, 0) is 13.0 Å². The zero-order valence-corrected chi connectivity index (χ0v) is 12.3. The van der Waals surface area contributed by atoms with Crippen LogP contribution in [0.25, 0.3) is 0 Å². The largest absolute Gasteiger partial charge is 0.366 e. The molecule has 2 aromatic heterocycles. The first-order valence-electron chi connectivity index (χ1n) is 6.56. The summed E-state index contributed by atoms with van der Waals surface area (Å²) < 4.78 is 0. The molecule has 0 aromatic carbocycles. The number of halogens is 1. The van der Waals surface area contributed by atoms with Crippen molar-refractivity contribution < 1.29 is 4.79 Å². The van der Waals surface area contributed by atoms with Crippen molar-refractivity contribution in [3.05, 3.63) is 46.1 Å². The molecule has 2 aromatic rings. The van der Waals surface area contributed by atoms with Crippen LogP contribution >= 0.6 is 11.6 Å². The fourth-order valence-electron chi connectivity index (χ4n) is 2.39. The minimum Gasteiger partial charge on any atom is -0.366 e. The van der Waals surface area contributed by atoms with Gasteiger partial charge in [-0.15, -0.1) is 0 Å². The molecule has 0 aliphatic carbocycles. The zero-order valence-electron chi connectivity index (χ0n) is 11.5. The van der Waals surface area contributed by atoms with Gasteiger partial charge in [0.15, 0.2) is 0 Å². The van der Waals surface area contributed by atoms with E-state index in [9.17, 15) is 4.79 Å². The predicted octanol–water partition coefficient (Wildman–Crippen LogP) is 1.50. The normalized spacial score (nSPS) is 13.9. The minimum absolute atomic E-state index is 0.306. The molecule has 6 nitrogen and oxygen atoms in total. The summed E-state index contributed by atoms with van der Waals surface area (Å²) in [5, 5.41) is 0.419. The maximum Gasteiger partial charge on any atom is 0.250 e. The maximum absolute atomic E-state index is 11.1. The molecular weight excluding hydrogens is 290 g/mol. The summed E-state index contributed by atoms with van der Waals surface area (Å²) in [6.07, 6.45) is 4.11. The number of primary amides is 1. The number of pyridine rings is 1. The summed E-state index contributed by atoms with van der Waals surface area (Å²) >= 11 is 6.22. The molecule has 3 rings (SSSR count). The SMILES string of the molecule is Cc1ncc2c(n1)CCN(c1ncc(C(N)=O)cc1Cl)C2. The molecule has 0 bridgehead atoms. The van der Waals surface area contributed by atoms with Crippen molar-refractivity contribution in [3.8, 4) is 0 Å². The van der Waals surface area contributed by atoms with Crippen LogP contribution in [0.15, 0.2) is 18.5 Å². The van der Waals surface area contributed by atoms with E-state index in [-0.39, 0.29) is 0 Å². The van der Waals surface area contributed by atoms with Gasteiger partial charge < -0.3 is 10.6 Å². The number of amides is 1. The molecule has 1 aliphatic rings. The maximum atomic E-state index is 11.1. The van der Waals surface area contributed by atoms with Gasteiger partial charge in [0.25, 0.3) is 0 Å². The highest BCUT2D eigenvalue weighted by molar-refractivity contribution is 6.33. The summed E-state index contributed by atoms with van der Waals surface area (Å²) in [6, 6.07) is 1.55. The van der Waals surface area contributed by atoms with Crippen LogP contribution in [0.5, 0.6) is 0 Å². The fourth-order valence-corrected chi connectivity index (χ4v) is 2.68. The van der Waals surface area contributed by atoms with Crippen LogP contribution in [0.1, 0.15) is 27.4 Å². The van der Waals surface area contributed by atoms with Crippen molar-refractivity contribution in [2.24, 2.45) is 5.73 Å². The van der Waals surface area contributed by atoms with Crippen LogP contribution in [0.2, 0.25) is 5.02 Å². The number of hydrogen-bond donors (Lipinski definition) is 1. The number of carbonyl (C=O) groups excluding carboxylic acids is 1. The highest BCUT2D eigenvalue weighted by Crippen LogP contribution is 2.28. The first kappa shape index (κ1) is 13.8. The van der Waals surface area contributed by atoms with Crippen LogP contribution in [-0.2, 0) is 13.0 Å². The number of hydrogen-bond acceptors (Lipinski definition) is 5. The number of rotatable bonds is 2. The number of aromatic nitrogens is 3. The Bertz CT molecular complexity index is 719. The van der Waals surface area contributed by atoms with Gasteiger partial charge in [-0.3, -0.25) is 4.79 Å². The fraction of sp³-hybridized carbons (Fsp3) is 0.286. The van der Waals surface area contributed by atoms with Crippen molar-refractivity contribution in [1.29, 1.82) is 0 Å². The Morgan fingerprint density at radius 2 is 2.19 bits per heavy atom. The smallest absolute Gasteiger partial charge is 0.250 e. The van der Waals surface area contributed by atoms with E-state index < -0.39 is 5.91 Å². The van der Waals surface area contributed by atoms with Gasteiger partial charge in [-0.1, -0.05) is 11.6 Å². The van der Waals surface area contributed by atoms with Crippen molar-refractivity contribution in [2.75, 3.05) is 11.4 Å². The molecule has 0 saturated carbocycles. The number of nitrogens with two attached hydrogens (primary N) is 1. The molecule has 0 unspecified atom stereocenters. The molecule has 0 fully saturated rings. The zero-order chi connectivity index (χ0) is 15.0. The Labute approximate surface area is 127 Å². The quantitative estimate of drug-likeness (QED) is 0.908. The summed E-state index contributed by atoms with van der Waals surface area (Å²) in [5.74, 6) is 0.890. The van der Waals surface area contributed by atoms with Gasteiger partial charge in [0.2, 0.25) is 5.91 Å². The average molecular weight is 304 g/mol. The van der Waals surface area contributed by atoms with Crippen molar-refractivity contribution >= 4 is 23.3 Å². The van der Waals surface area contributed by atoms with E-state index in [4.69, 9.17) is 17.3 Å². The van der Waals surface area contributed by atoms with E-state index in [0.29, 0.717) is 22.9 Å². The van der Waals surface area contributed by atoms with Gasteiger partial charge in [0, 0.05) is 37.5 Å². The molecule has 21 heavy (non-hydrogen) atoms. The van der Waals surface area contributed by atoms with Crippen molar-refractivity contribution in [3.63, 3.8) is 0 Å². The summed E-state index contributed by atoms with van der Waals surface area (Å²) in [5.41, 5.74) is 7.67. The van der Waals surface area contributed by atoms with Gasteiger partial charge in [-0.2, -0.15) is 0 Å². The molecule has 7 heteroatoms. The first-order valence-corrected chi connectivity index (χ1v) is 6.94. The minimum atomic E-state index is -0.538. The third-order valence-corrected chi connectivity index (χ3v) is 3.74. The number of carbonyl (C=O) groups is 1. The Hall–Kier alpha value is -2.21. The van der Waals surface area contributed by atoms with Gasteiger partial charge in [0.05, 0.1) is 16.3 Å². The van der Waals surface area contributed by atoms with Crippen LogP contribution < -0.4 is 10.6 Å². The Morgan fingerprint density at radius 3 is 2.90 bits per heavy atom. The molecule has 2 N–H and O–H groups in total. The monoisotopic (exact) mass is 303 g/mol. The summed E-state index contributed by atoms with van der Waals surface area (Å²) in [6.45, 7) is 3.30. The highest BCUT2D eigenvalue weighted by atomic mass is 35.5. The third kappa shape index (κ3) is 2.67. The second-order valence-electron chi connectivity index (χ2n) is 4.95. The molecule has 1 aliphatic heterocycles. The lowest BCUT2D eigenvalue weighted by Crippen LogP contribution is -2.32. The summed E-state index contributed by atoms with van der Waals surface area (Å²) in [7, 11) is 0. The molecule has 0 spiro atoms. The molecule has 0 atom stereocenters. The number of fused-ring (bicyclic) bond motifs is 1. The van der Waals surface area contributed by atoms with Crippen LogP contribution in [0, 0.1) is 6.92 Å². The van der Waals surface area contributed by atoms with Crippen molar-refractivity contribution in [1.82, 2.24) is 15.0 Å². The van der Waals surface area contributed by atoms with E-state index >= 15 is 0 Å². The van der Waals surface area contributed by atoms with E-state index in [0.717, 1.165) is 30.0 Å². The number of anilines is 1. The molecule has 1 amide bonds. The van der Waals surface area contributed by atoms with Crippen LogP contribution in [-0.4, -0.2) is 27.4 Å². The van der Waals surface area contributed by atoms with Crippen LogP contribution in [0.3, 0.4) is 0 Å². The lowest BCUT2D eigenvalue weighted by Gasteiger charge is -2.29. The van der Waals surface area contributed by atoms with E-state index in [1.54, 1.807) is 6.07 Å². The molecule has 0 radical (unpaired) electrons. The molecular formula is C14H14ClN5O. The second-order valence-corrected chi connectivity index (χ2v) is 5.36. The third-order valence-electron chi connectivity index (χ3n) is 3.46. The highest BCUT2D eigenvalue weighted by Gasteiger charge is 2.21. The topological polar surface area (TPSA) is 85.0 Å². The standard InChI is InChI=1S/C14H14ClN5O/c1-8-17-6-10-7-20(3-2-12(10)19-8)14-11(15)4-9(5-18-14)13(16)21/h4-6H,2-3,7H2,1H3,(H2,16,21). The predicted molar refractivity (Wildman–Crippen MR) is 79.3 cm³/mol. The van der Waals surface area contributed by atoms with Crippen molar-refractivity contribution in [2.45, 2.75) is 19.9 Å².